The molecule has 1 heterocycles. The lowest BCUT2D eigenvalue weighted by Crippen LogP contribution is -2.30. The fraction of sp³-hybridized carbons (Fsp3) is 0.190. The van der Waals surface area contributed by atoms with E-state index in [-0.39, 0.29) is 5.91 Å². The number of methoxy groups -OCH3 is 1. The first-order valence-electron chi connectivity index (χ1n) is 8.42. The second-order valence-electron chi connectivity index (χ2n) is 5.63. The van der Waals surface area contributed by atoms with Crippen LogP contribution in [0.3, 0.4) is 0 Å². The van der Waals surface area contributed by atoms with E-state index in [9.17, 15) is 4.79 Å². The zero-order valence-electron chi connectivity index (χ0n) is 14.8. The van der Waals surface area contributed by atoms with Crippen LogP contribution in [-0.4, -0.2) is 19.6 Å². The molecule has 0 fully saturated rings. The minimum atomic E-state index is -0.0507. The van der Waals surface area contributed by atoms with Crippen molar-refractivity contribution in [1.29, 1.82) is 0 Å². The van der Waals surface area contributed by atoms with Gasteiger partial charge in [0.25, 0.3) is 5.91 Å². The molecule has 1 amide bonds. The lowest BCUT2D eigenvalue weighted by molar-refractivity contribution is 0.0985. The maximum absolute atomic E-state index is 13.1. The summed E-state index contributed by atoms with van der Waals surface area (Å²) in [6, 6.07) is 18.8. The van der Waals surface area contributed by atoms with Gasteiger partial charge in [-0.05, 0) is 66.9 Å². The molecule has 0 radical (unpaired) electrons. The first kappa shape index (κ1) is 18.0. The lowest BCUT2D eigenvalue weighted by Gasteiger charge is -2.23. The molecule has 2 aromatic carbocycles. The molecule has 0 aliphatic heterocycles. The predicted octanol–water partition coefficient (Wildman–Crippen LogP) is 5.00. The summed E-state index contributed by atoms with van der Waals surface area (Å²) >= 11 is 1.64. The van der Waals surface area contributed by atoms with Crippen molar-refractivity contribution in [2.24, 2.45) is 0 Å². The van der Waals surface area contributed by atoms with Gasteiger partial charge >= 0.3 is 0 Å². The SMILES string of the molecule is CCOc1ccc(N(Cc2cccs2)C(=O)c2ccc(OC)cc2)cc1. The van der Waals surface area contributed by atoms with E-state index in [1.807, 2.05) is 48.7 Å². The summed E-state index contributed by atoms with van der Waals surface area (Å²) in [6.07, 6.45) is 0. The molecule has 0 aliphatic rings. The van der Waals surface area contributed by atoms with Crippen LogP contribution < -0.4 is 14.4 Å². The Morgan fingerprint density at radius 3 is 2.27 bits per heavy atom. The number of ether oxygens (including phenoxy) is 2. The molecule has 0 spiro atoms. The highest BCUT2D eigenvalue weighted by atomic mass is 32.1. The van der Waals surface area contributed by atoms with Gasteiger partial charge in [0.1, 0.15) is 11.5 Å². The maximum Gasteiger partial charge on any atom is 0.258 e. The van der Waals surface area contributed by atoms with Crippen LogP contribution in [0.25, 0.3) is 0 Å². The van der Waals surface area contributed by atoms with Gasteiger partial charge in [-0.1, -0.05) is 6.07 Å². The Morgan fingerprint density at radius 2 is 1.69 bits per heavy atom. The van der Waals surface area contributed by atoms with Gasteiger partial charge in [0.2, 0.25) is 0 Å². The zero-order valence-corrected chi connectivity index (χ0v) is 15.7. The van der Waals surface area contributed by atoms with Gasteiger partial charge in [-0.15, -0.1) is 11.3 Å². The van der Waals surface area contributed by atoms with Crippen LogP contribution in [0.4, 0.5) is 5.69 Å². The minimum absolute atomic E-state index is 0.0507. The van der Waals surface area contributed by atoms with Crippen LogP contribution in [-0.2, 0) is 6.54 Å². The molecule has 4 nitrogen and oxygen atoms in total. The third-order valence-electron chi connectivity index (χ3n) is 3.94. The van der Waals surface area contributed by atoms with Crippen LogP contribution in [0.15, 0.2) is 66.0 Å². The average molecular weight is 367 g/mol. The van der Waals surface area contributed by atoms with Crippen LogP contribution >= 0.6 is 11.3 Å². The molecule has 5 heteroatoms. The zero-order chi connectivity index (χ0) is 18.4. The summed E-state index contributed by atoms with van der Waals surface area (Å²) in [7, 11) is 1.61. The Morgan fingerprint density at radius 1 is 1.00 bits per heavy atom. The Labute approximate surface area is 157 Å². The van der Waals surface area contributed by atoms with Crippen molar-refractivity contribution in [3.8, 4) is 11.5 Å². The molecule has 0 saturated carbocycles. The topological polar surface area (TPSA) is 38.8 Å². The van der Waals surface area contributed by atoms with E-state index in [1.165, 1.54) is 0 Å². The highest BCUT2D eigenvalue weighted by molar-refractivity contribution is 7.09. The van der Waals surface area contributed by atoms with Crippen LogP contribution in [0.5, 0.6) is 11.5 Å². The molecule has 0 saturated heterocycles. The van der Waals surface area contributed by atoms with Gasteiger partial charge in [0.15, 0.2) is 0 Å². The van der Waals surface area contributed by atoms with Crippen molar-refractivity contribution >= 4 is 22.9 Å². The molecule has 26 heavy (non-hydrogen) atoms. The number of hydrogen-bond acceptors (Lipinski definition) is 4. The minimum Gasteiger partial charge on any atom is -0.497 e. The van der Waals surface area contributed by atoms with Crippen LogP contribution in [0, 0.1) is 0 Å². The maximum atomic E-state index is 13.1. The summed E-state index contributed by atoms with van der Waals surface area (Å²) in [5.41, 5.74) is 1.46. The van der Waals surface area contributed by atoms with E-state index in [0.29, 0.717) is 18.7 Å². The quantitative estimate of drug-likeness (QED) is 0.590. The standard InChI is InChI=1S/C21H21NO3S/c1-3-25-19-12-8-17(9-13-19)22(15-20-5-4-14-26-20)21(23)16-6-10-18(24-2)11-7-16/h4-14H,3,15H2,1-2H3. The molecular formula is C21H21NO3S. The van der Waals surface area contributed by atoms with Crippen LogP contribution in [0.2, 0.25) is 0 Å². The molecule has 134 valence electrons. The van der Waals surface area contributed by atoms with Gasteiger partial charge in [0, 0.05) is 16.1 Å². The molecule has 0 bridgehead atoms. The van der Waals surface area contributed by atoms with E-state index >= 15 is 0 Å². The van der Waals surface area contributed by atoms with E-state index in [2.05, 4.69) is 0 Å². The first-order valence-corrected chi connectivity index (χ1v) is 9.30. The number of nitrogens with zero attached hydrogens (tertiary/aromatic N) is 1. The summed E-state index contributed by atoms with van der Waals surface area (Å²) in [6.45, 7) is 3.09. The van der Waals surface area contributed by atoms with E-state index in [0.717, 1.165) is 22.1 Å². The van der Waals surface area contributed by atoms with Gasteiger partial charge < -0.3 is 14.4 Å². The molecule has 0 atom stereocenters. The van der Waals surface area contributed by atoms with Crippen molar-refractivity contribution in [2.45, 2.75) is 13.5 Å². The van der Waals surface area contributed by atoms with Gasteiger partial charge in [-0.3, -0.25) is 4.79 Å². The number of amides is 1. The Balaban J connectivity index is 1.90. The van der Waals surface area contributed by atoms with Crippen molar-refractivity contribution in [3.05, 3.63) is 76.5 Å². The molecule has 0 aliphatic carbocycles. The number of carbonyl (C=O) groups excluding carboxylic acids is 1. The second kappa shape index (κ2) is 8.54. The molecular weight excluding hydrogens is 346 g/mol. The summed E-state index contributed by atoms with van der Waals surface area (Å²) in [4.78, 5) is 16.0. The number of rotatable bonds is 7. The van der Waals surface area contributed by atoms with Crippen molar-refractivity contribution < 1.29 is 14.3 Å². The normalized spacial score (nSPS) is 10.4. The van der Waals surface area contributed by atoms with Crippen molar-refractivity contribution in [2.75, 3.05) is 18.6 Å². The molecule has 3 rings (SSSR count). The van der Waals surface area contributed by atoms with E-state index < -0.39 is 0 Å². The Kier molecular flexibility index (Phi) is 5.92. The summed E-state index contributed by atoms with van der Waals surface area (Å²) in [5.74, 6) is 1.47. The van der Waals surface area contributed by atoms with Crippen molar-refractivity contribution in [1.82, 2.24) is 0 Å². The van der Waals surface area contributed by atoms with E-state index in [4.69, 9.17) is 9.47 Å². The largest absolute Gasteiger partial charge is 0.497 e. The number of hydrogen-bond donors (Lipinski definition) is 0. The highest BCUT2D eigenvalue weighted by Crippen LogP contribution is 2.25. The van der Waals surface area contributed by atoms with Gasteiger partial charge in [-0.2, -0.15) is 0 Å². The number of benzene rings is 2. The number of thiophene rings is 1. The highest BCUT2D eigenvalue weighted by Gasteiger charge is 2.19. The number of carbonyl (C=O) groups is 1. The smallest absolute Gasteiger partial charge is 0.258 e. The second-order valence-corrected chi connectivity index (χ2v) is 6.66. The average Bonchev–Trinajstić information content (AvgIpc) is 3.20. The van der Waals surface area contributed by atoms with Gasteiger partial charge in [-0.25, -0.2) is 0 Å². The third-order valence-corrected chi connectivity index (χ3v) is 4.80. The molecule has 3 aromatic rings. The monoisotopic (exact) mass is 367 g/mol. The lowest BCUT2D eigenvalue weighted by atomic mass is 10.1. The number of anilines is 1. The Hall–Kier alpha value is -2.79. The molecule has 0 unspecified atom stereocenters. The Bertz CT molecular complexity index is 827. The van der Waals surface area contributed by atoms with Gasteiger partial charge in [0.05, 0.1) is 20.3 Å². The molecule has 1 aromatic heterocycles. The van der Waals surface area contributed by atoms with Crippen LogP contribution in [0.1, 0.15) is 22.2 Å². The predicted molar refractivity (Wildman–Crippen MR) is 105 cm³/mol. The van der Waals surface area contributed by atoms with E-state index in [1.54, 1.807) is 47.6 Å². The fourth-order valence-corrected chi connectivity index (χ4v) is 3.31. The summed E-state index contributed by atoms with van der Waals surface area (Å²) in [5, 5.41) is 2.02. The fourth-order valence-electron chi connectivity index (χ4n) is 2.62. The summed E-state index contributed by atoms with van der Waals surface area (Å²) < 4.78 is 10.7. The van der Waals surface area contributed by atoms with Crippen molar-refractivity contribution in [3.63, 3.8) is 0 Å². The molecule has 0 N–H and O–H groups in total. The first-order chi connectivity index (χ1) is 12.7. The third kappa shape index (κ3) is 4.24.